The van der Waals surface area contributed by atoms with Gasteiger partial charge in [-0.25, -0.2) is 0 Å². The number of rotatable bonds is 3. The third kappa shape index (κ3) is 3.49. The molecule has 28 heavy (non-hydrogen) atoms. The predicted molar refractivity (Wildman–Crippen MR) is 117 cm³/mol. The maximum absolute atomic E-state index is 12.9. The number of likely N-dealkylation sites (N-methyl/N-ethyl adjacent to an activating group) is 1. The summed E-state index contributed by atoms with van der Waals surface area (Å²) in [5, 5.41) is 9.59. The molecule has 2 saturated heterocycles. The number of carbonyl (C=O) groups excluding carboxylic acids is 1. The van der Waals surface area contributed by atoms with Gasteiger partial charge in [-0.2, -0.15) is 5.26 Å². The molecule has 0 saturated carbocycles. The minimum atomic E-state index is -0.268. The van der Waals surface area contributed by atoms with Gasteiger partial charge in [0.2, 0.25) is 0 Å². The van der Waals surface area contributed by atoms with Crippen LogP contribution in [0.4, 0.5) is 5.82 Å². The van der Waals surface area contributed by atoms with Gasteiger partial charge < -0.3 is 4.90 Å². The summed E-state index contributed by atoms with van der Waals surface area (Å²) >= 11 is 6.50. The molecule has 1 unspecified atom stereocenters. The first kappa shape index (κ1) is 20.6. The van der Waals surface area contributed by atoms with Gasteiger partial charge >= 0.3 is 0 Å². The third-order valence-electron chi connectivity index (χ3n) is 5.38. The lowest BCUT2D eigenvalue weighted by molar-refractivity contribution is -0.121. The summed E-state index contributed by atoms with van der Waals surface area (Å²) in [6.07, 6.45) is 4.01. The van der Waals surface area contributed by atoms with Crippen LogP contribution in [-0.4, -0.2) is 39.8 Å². The Kier molecular flexibility index (Phi) is 5.96. The quantitative estimate of drug-likeness (QED) is 0.557. The molecule has 3 rings (SSSR count). The van der Waals surface area contributed by atoms with Crippen molar-refractivity contribution in [1.29, 1.82) is 5.26 Å². The summed E-state index contributed by atoms with van der Waals surface area (Å²) in [6, 6.07) is 2.06. The molecular formula is C20H24N4O2S2. The van der Waals surface area contributed by atoms with Gasteiger partial charge in [0.15, 0.2) is 0 Å². The van der Waals surface area contributed by atoms with Crippen LogP contribution in [0.25, 0.3) is 6.08 Å². The summed E-state index contributed by atoms with van der Waals surface area (Å²) < 4.78 is 2.17. The lowest BCUT2D eigenvalue weighted by Gasteiger charge is -2.35. The minimum absolute atomic E-state index is 0.133. The Balaban J connectivity index is 2.28. The van der Waals surface area contributed by atoms with Crippen molar-refractivity contribution in [2.24, 2.45) is 5.92 Å². The fourth-order valence-corrected chi connectivity index (χ4v) is 5.00. The van der Waals surface area contributed by atoms with Gasteiger partial charge in [-0.15, -0.1) is 0 Å². The summed E-state index contributed by atoms with van der Waals surface area (Å²) in [6.45, 7) is 8.06. The molecule has 2 aliphatic rings. The van der Waals surface area contributed by atoms with E-state index in [0.29, 0.717) is 27.3 Å². The monoisotopic (exact) mass is 416 g/mol. The Morgan fingerprint density at radius 1 is 1.39 bits per heavy atom. The van der Waals surface area contributed by atoms with Crippen LogP contribution >= 0.6 is 24.0 Å². The van der Waals surface area contributed by atoms with Crippen molar-refractivity contribution < 1.29 is 4.79 Å². The van der Waals surface area contributed by atoms with Crippen LogP contribution in [0.1, 0.15) is 43.4 Å². The van der Waals surface area contributed by atoms with Crippen LogP contribution in [0.3, 0.4) is 0 Å². The largest absolute Gasteiger partial charge is 0.357 e. The van der Waals surface area contributed by atoms with Crippen molar-refractivity contribution in [1.82, 2.24) is 9.47 Å². The normalized spacial score (nSPS) is 21.5. The Hall–Kier alpha value is -2.11. The van der Waals surface area contributed by atoms with Crippen LogP contribution in [0, 0.1) is 24.2 Å². The molecular weight excluding hydrogens is 392 g/mol. The van der Waals surface area contributed by atoms with Gasteiger partial charge in [-0.1, -0.05) is 30.9 Å². The number of pyridine rings is 1. The van der Waals surface area contributed by atoms with E-state index in [-0.39, 0.29) is 17.0 Å². The van der Waals surface area contributed by atoms with Crippen molar-refractivity contribution >= 4 is 46.1 Å². The van der Waals surface area contributed by atoms with E-state index in [1.807, 2.05) is 6.92 Å². The highest BCUT2D eigenvalue weighted by molar-refractivity contribution is 8.26. The maximum Gasteiger partial charge on any atom is 0.270 e. The van der Waals surface area contributed by atoms with E-state index in [9.17, 15) is 14.9 Å². The lowest BCUT2D eigenvalue weighted by atomic mass is 9.98. The second kappa shape index (κ2) is 8.10. The van der Waals surface area contributed by atoms with E-state index in [0.717, 1.165) is 37.3 Å². The predicted octanol–water partition coefficient (Wildman–Crippen LogP) is 3.12. The molecule has 148 valence electrons. The van der Waals surface area contributed by atoms with E-state index in [2.05, 4.69) is 17.9 Å². The molecule has 1 atom stereocenters. The second-order valence-corrected chi connectivity index (χ2v) is 9.01. The van der Waals surface area contributed by atoms with Crippen molar-refractivity contribution in [3.63, 3.8) is 0 Å². The number of hydrogen-bond acceptors (Lipinski definition) is 6. The number of piperidine rings is 1. The first-order chi connectivity index (χ1) is 13.3. The molecule has 1 aromatic heterocycles. The zero-order chi connectivity index (χ0) is 20.6. The van der Waals surface area contributed by atoms with Gasteiger partial charge in [0.05, 0.1) is 4.91 Å². The van der Waals surface area contributed by atoms with Crippen LogP contribution in [0.2, 0.25) is 0 Å². The number of nitrogens with zero attached hydrogens (tertiary/aromatic N) is 4. The summed E-state index contributed by atoms with van der Waals surface area (Å²) in [5.41, 5.74) is 1.25. The third-order valence-corrected chi connectivity index (χ3v) is 6.87. The van der Waals surface area contributed by atoms with E-state index in [1.165, 1.54) is 16.7 Å². The van der Waals surface area contributed by atoms with E-state index >= 15 is 0 Å². The summed E-state index contributed by atoms with van der Waals surface area (Å²) in [5.74, 6) is 1.17. The van der Waals surface area contributed by atoms with Crippen molar-refractivity contribution in [3.8, 4) is 6.07 Å². The van der Waals surface area contributed by atoms with E-state index < -0.39 is 0 Å². The van der Waals surface area contributed by atoms with Gasteiger partial charge in [-0.05, 0) is 44.2 Å². The highest BCUT2D eigenvalue weighted by atomic mass is 32.2. The fraction of sp³-hybridized carbons (Fsp3) is 0.500. The Morgan fingerprint density at radius 2 is 2.11 bits per heavy atom. The van der Waals surface area contributed by atoms with Crippen LogP contribution in [0.15, 0.2) is 9.70 Å². The number of anilines is 1. The van der Waals surface area contributed by atoms with Gasteiger partial charge in [0, 0.05) is 32.2 Å². The smallest absolute Gasteiger partial charge is 0.270 e. The molecule has 2 aliphatic heterocycles. The van der Waals surface area contributed by atoms with Crippen molar-refractivity contribution in [2.45, 2.75) is 40.2 Å². The van der Waals surface area contributed by atoms with Crippen LogP contribution < -0.4 is 10.5 Å². The number of nitriles is 1. The highest BCUT2D eigenvalue weighted by Gasteiger charge is 2.31. The molecule has 1 amide bonds. The molecule has 0 aliphatic carbocycles. The standard InChI is InChI=1S/C20H24N4O2S2/c1-5-24-17(23-8-6-7-12(2)11-23)14(13(3)15(10-21)18(24)25)9-16-19(26)22(4)20(27)28-16/h9,12H,5-8,11H2,1-4H3/b16-9+. The van der Waals surface area contributed by atoms with Gasteiger partial charge in [0.25, 0.3) is 11.5 Å². The zero-order valence-electron chi connectivity index (χ0n) is 16.6. The lowest BCUT2D eigenvalue weighted by Crippen LogP contribution is -2.40. The summed E-state index contributed by atoms with van der Waals surface area (Å²) in [4.78, 5) is 29.7. The molecule has 3 heterocycles. The minimum Gasteiger partial charge on any atom is -0.357 e. The zero-order valence-corrected chi connectivity index (χ0v) is 18.2. The molecule has 0 aromatic carbocycles. The average molecular weight is 417 g/mol. The first-order valence-electron chi connectivity index (χ1n) is 9.44. The number of thiocarbonyl (C=S) groups is 1. The molecule has 2 fully saturated rings. The summed E-state index contributed by atoms with van der Waals surface area (Å²) in [7, 11) is 1.66. The molecule has 0 spiro atoms. The molecule has 0 radical (unpaired) electrons. The number of thioether (sulfide) groups is 1. The Labute approximate surface area is 174 Å². The number of amides is 1. The van der Waals surface area contributed by atoms with Gasteiger partial charge in [0.1, 0.15) is 21.8 Å². The molecule has 0 bridgehead atoms. The van der Waals surface area contributed by atoms with Crippen LogP contribution in [0.5, 0.6) is 0 Å². The topological polar surface area (TPSA) is 69.3 Å². The Bertz CT molecular complexity index is 974. The SMILES string of the molecule is CCn1c(N2CCCC(C)C2)c(/C=C2/SC(=S)N(C)C2=O)c(C)c(C#N)c1=O. The number of carbonyl (C=O) groups is 1. The molecule has 0 N–H and O–H groups in total. The highest BCUT2D eigenvalue weighted by Crippen LogP contribution is 2.36. The second-order valence-electron chi connectivity index (χ2n) is 7.33. The van der Waals surface area contributed by atoms with Crippen LogP contribution in [-0.2, 0) is 11.3 Å². The van der Waals surface area contributed by atoms with E-state index in [1.54, 1.807) is 24.6 Å². The fourth-order valence-electron chi connectivity index (χ4n) is 3.84. The number of hydrogen-bond donors (Lipinski definition) is 0. The number of aromatic nitrogens is 1. The van der Waals surface area contributed by atoms with Crippen molar-refractivity contribution in [2.75, 3.05) is 25.0 Å². The molecule has 8 heteroatoms. The maximum atomic E-state index is 12.9. The van der Waals surface area contributed by atoms with E-state index in [4.69, 9.17) is 12.2 Å². The van der Waals surface area contributed by atoms with Crippen molar-refractivity contribution in [3.05, 3.63) is 31.9 Å². The molecule has 1 aromatic rings. The average Bonchev–Trinajstić information content (AvgIpc) is 2.90. The first-order valence-corrected chi connectivity index (χ1v) is 10.7. The van der Waals surface area contributed by atoms with Gasteiger partial charge in [-0.3, -0.25) is 19.1 Å². The molecule has 6 nitrogen and oxygen atoms in total. The Morgan fingerprint density at radius 3 is 2.64 bits per heavy atom.